The first-order valence-corrected chi connectivity index (χ1v) is 5.64. The van der Waals surface area contributed by atoms with Crippen molar-refractivity contribution in [3.63, 3.8) is 0 Å². The minimum Gasteiger partial charge on any atom is -0.481 e. The molecule has 0 aromatic heterocycles. The summed E-state index contributed by atoms with van der Waals surface area (Å²) in [6.07, 6.45) is -1.18. The van der Waals surface area contributed by atoms with E-state index in [0.29, 0.717) is 0 Å². The van der Waals surface area contributed by atoms with Crippen LogP contribution in [0.4, 0.5) is 0 Å². The van der Waals surface area contributed by atoms with Crippen LogP contribution >= 0.6 is 0 Å². The molecule has 0 aromatic carbocycles. The molecule has 0 radical (unpaired) electrons. The quantitative estimate of drug-likeness (QED) is 0.231. The van der Waals surface area contributed by atoms with E-state index in [9.17, 15) is 14.4 Å². The molecule has 0 saturated carbocycles. The zero-order valence-electron chi connectivity index (χ0n) is 11.3. The van der Waals surface area contributed by atoms with Gasteiger partial charge in [-0.2, -0.15) is 0 Å². The number of carboxylic acids is 3. The Morgan fingerprint density at radius 1 is 0.952 bits per heavy atom. The van der Waals surface area contributed by atoms with Crippen LogP contribution in [-0.2, 0) is 14.4 Å². The van der Waals surface area contributed by atoms with E-state index in [1.165, 1.54) is 0 Å². The first kappa shape index (κ1) is 24.2. The number of rotatable bonds is 7. The van der Waals surface area contributed by atoms with Gasteiger partial charge in [0.15, 0.2) is 0 Å². The van der Waals surface area contributed by atoms with Gasteiger partial charge in [-0.25, -0.2) is 0 Å². The molecule has 21 heavy (non-hydrogen) atoms. The lowest BCUT2D eigenvalue weighted by molar-refractivity contribution is -0.140. The highest BCUT2D eigenvalue weighted by Crippen LogP contribution is 1.93. The number of hydrogen-bond donors (Lipinski definition) is 8. The van der Waals surface area contributed by atoms with Gasteiger partial charge in [0.1, 0.15) is 12.1 Å². The lowest BCUT2D eigenvalue weighted by atomic mass is 10.2. The lowest BCUT2D eigenvalue weighted by Crippen LogP contribution is -2.30. The monoisotopic (exact) mass is 314 g/mol. The molecule has 11 heteroatoms. The Morgan fingerprint density at radius 2 is 1.33 bits per heavy atom. The molecule has 1 atom stereocenters. The van der Waals surface area contributed by atoms with E-state index in [1.807, 2.05) is 0 Å². The lowest BCUT2D eigenvalue weighted by Gasteiger charge is -2.01. The van der Waals surface area contributed by atoms with E-state index < -0.39 is 30.1 Å². The Balaban J connectivity index is -0.000000252. The first-order valence-electron chi connectivity index (χ1n) is 5.64. The molecular formula is C10H22N2O9. The molecule has 0 aromatic rings. The predicted octanol–water partition coefficient (Wildman–Crippen LogP) is -3.38. The average molecular weight is 314 g/mol. The fourth-order valence-electron chi connectivity index (χ4n) is 0.460. The van der Waals surface area contributed by atoms with Gasteiger partial charge in [-0.3, -0.25) is 14.4 Å². The van der Waals surface area contributed by atoms with Crippen LogP contribution in [-0.4, -0.2) is 80.5 Å². The van der Waals surface area contributed by atoms with Crippen molar-refractivity contribution in [2.24, 2.45) is 11.5 Å². The molecule has 0 spiro atoms. The Labute approximate surface area is 120 Å². The number of aliphatic hydroxyl groups is 3. The van der Waals surface area contributed by atoms with Crippen molar-refractivity contribution in [3.8, 4) is 0 Å². The Hall–Kier alpha value is -1.79. The van der Waals surface area contributed by atoms with Crippen LogP contribution in [0.15, 0.2) is 0 Å². The molecule has 0 fully saturated rings. The summed E-state index contributed by atoms with van der Waals surface area (Å²) in [4.78, 5) is 29.1. The average Bonchev–Trinajstić information content (AvgIpc) is 2.44. The normalized spacial score (nSPS) is 10.6. The summed E-state index contributed by atoms with van der Waals surface area (Å²) in [5.74, 6) is -3.16. The first-order chi connectivity index (χ1) is 9.61. The smallest absolute Gasteiger partial charge is 0.320 e. The van der Waals surface area contributed by atoms with Crippen LogP contribution in [0.3, 0.4) is 0 Å². The van der Waals surface area contributed by atoms with Crippen molar-refractivity contribution in [3.05, 3.63) is 0 Å². The van der Waals surface area contributed by atoms with E-state index in [0.717, 1.165) is 0 Å². The number of carbonyl (C=O) groups is 3. The second kappa shape index (κ2) is 16.3. The summed E-state index contributed by atoms with van der Waals surface area (Å²) in [7, 11) is 0. The van der Waals surface area contributed by atoms with Gasteiger partial charge >= 0.3 is 17.9 Å². The molecule has 0 unspecified atom stereocenters. The van der Waals surface area contributed by atoms with Crippen molar-refractivity contribution in [1.82, 2.24) is 0 Å². The van der Waals surface area contributed by atoms with Gasteiger partial charge in [0.25, 0.3) is 0 Å². The Kier molecular flexibility index (Phi) is 18.8. The molecule has 0 aliphatic carbocycles. The topological polar surface area (TPSA) is 225 Å². The summed E-state index contributed by atoms with van der Waals surface area (Å²) < 4.78 is 0. The maximum atomic E-state index is 9.99. The van der Waals surface area contributed by atoms with Crippen molar-refractivity contribution in [2.75, 3.05) is 19.8 Å². The Morgan fingerprint density at radius 3 is 1.48 bits per heavy atom. The summed E-state index contributed by atoms with van der Waals surface area (Å²) >= 11 is 0. The fourth-order valence-corrected chi connectivity index (χ4v) is 0.460. The molecule has 0 saturated heterocycles. The Bertz CT molecular complexity index is 294. The standard InChI is InChI=1S/C5H9NO4.C3H8O3.C2H5NO2/c6-3(5(9)10)1-2-4(7)8;4-1-3(6)2-5;3-1-2(4)5/h3H,1-2,6H2,(H,7,8)(H,9,10);3-6H,1-2H2;1,3H2,(H,4,5)/t3-;;/m0../s1. The molecule has 0 amide bonds. The van der Waals surface area contributed by atoms with E-state index in [1.54, 1.807) is 0 Å². The summed E-state index contributed by atoms with van der Waals surface area (Å²) in [5.41, 5.74) is 9.57. The van der Waals surface area contributed by atoms with Crippen LogP contribution in [0.2, 0.25) is 0 Å². The van der Waals surface area contributed by atoms with E-state index in [2.05, 4.69) is 5.73 Å². The number of nitrogens with two attached hydrogens (primary N) is 2. The fraction of sp³-hybridized carbons (Fsp3) is 0.700. The summed E-state index contributed by atoms with van der Waals surface area (Å²) in [5, 5.41) is 47.9. The summed E-state index contributed by atoms with van der Waals surface area (Å²) in [6.45, 7) is -1.01. The number of hydrogen-bond acceptors (Lipinski definition) is 8. The third-order valence-corrected chi connectivity index (χ3v) is 1.58. The second-order valence-electron chi connectivity index (χ2n) is 3.49. The largest absolute Gasteiger partial charge is 0.481 e. The van der Waals surface area contributed by atoms with Gasteiger partial charge in [0.05, 0.1) is 19.8 Å². The highest BCUT2D eigenvalue weighted by molar-refractivity contribution is 5.74. The maximum Gasteiger partial charge on any atom is 0.320 e. The molecule has 0 aliphatic heterocycles. The highest BCUT2D eigenvalue weighted by Gasteiger charge is 2.12. The SMILES string of the molecule is NCC(=O)O.N[C@@H](CCC(=O)O)C(=O)O.OCC(O)CO. The zero-order valence-corrected chi connectivity index (χ0v) is 11.3. The van der Waals surface area contributed by atoms with Gasteiger partial charge in [0.2, 0.25) is 0 Å². The van der Waals surface area contributed by atoms with Gasteiger partial charge in [-0.1, -0.05) is 0 Å². The molecule has 11 nitrogen and oxygen atoms in total. The third-order valence-electron chi connectivity index (χ3n) is 1.58. The zero-order chi connectivity index (χ0) is 17.4. The van der Waals surface area contributed by atoms with E-state index in [-0.39, 0.29) is 32.6 Å². The minimum atomic E-state index is -1.17. The number of aliphatic carboxylic acids is 3. The van der Waals surface area contributed by atoms with Crippen LogP contribution in [0.5, 0.6) is 0 Å². The molecule has 0 heterocycles. The molecule has 126 valence electrons. The van der Waals surface area contributed by atoms with Gasteiger partial charge in [-0.05, 0) is 6.42 Å². The summed E-state index contributed by atoms with van der Waals surface area (Å²) in [6, 6.07) is -1.06. The van der Waals surface area contributed by atoms with Gasteiger partial charge in [0, 0.05) is 6.42 Å². The number of aliphatic hydroxyl groups excluding tert-OH is 3. The van der Waals surface area contributed by atoms with Crippen LogP contribution in [0.1, 0.15) is 12.8 Å². The van der Waals surface area contributed by atoms with Crippen molar-refractivity contribution >= 4 is 17.9 Å². The van der Waals surface area contributed by atoms with E-state index >= 15 is 0 Å². The molecule has 0 rings (SSSR count). The molecule has 10 N–H and O–H groups in total. The second-order valence-corrected chi connectivity index (χ2v) is 3.49. The van der Waals surface area contributed by atoms with Crippen LogP contribution in [0, 0.1) is 0 Å². The van der Waals surface area contributed by atoms with Crippen molar-refractivity contribution in [1.29, 1.82) is 0 Å². The van der Waals surface area contributed by atoms with Crippen LogP contribution in [0.25, 0.3) is 0 Å². The molecule has 0 aliphatic rings. The predicted molar refractivity (Wildman–Crippen MR) is 69.3 cm³/mol. The van der Waals surface area contributed by atoms with Crippen molar-refractivity contribution in [2.45, 2.75) is 25.0 Å². The third kappa shape index (κ3) is 27.4. The molecular weight excluding hydrogens is 292 g/mol. The minimum absolute atomic E-state index is 0.0231. The molecule has 0 bridgehead atoms. The highest BCUT2D eigenvalue weighted by atomic mass is 16.4. The van der Waals surface area contributed by atoms with Gasteiger partial charge < -0.3 is 42.1 Å². The maximum absolute atomic E-state index is 9.99. The van der Waals surface area contributed by atoms with Crippen LogP contribution < -0.4 is 11.5 Å². The van der Waals surface area contributed by atoms with E-state index in [4.69, 9.17) is 36.4 Å². The van der Waals surface area contributed by atoms with Crippen molar-refractivity contribution < 1.29 is 45.0 Å². The number of carboxylic acid groups (broad SMARTS) is 3. The van der Waals surface area contributed by atoms with Gasteiger partial charge in [-0.15, -0.1) is 0 Å².